The smallest absolute Gasteiger partial charge is 0.356 e. The van der Waals surface area contributed by atoms with Gasteiger partial charge in [0.05, 0.1) is 23.0 Å². The summed E-state index contributed by atoms with van der Waals surface area (Å²) in [5.74, 6) is -1.54. The van der Waals surface area contributed by atoms with Crippen molar-refractivity contribution in [2.45, 2.75) is 0 Å². The molecule has 0 radical (unpaired) electrons. The van der Waals surface area contributed by atoms with E-state index in [9.17, 15) is 9.18 Å². The number of aromatic carboxylic acids is 1. The first kappa shape index (κ1) is 14.5. The summed E-state index contributed by atoms with van der Waals surface area (Å²) >= 11 is 0. The molecule has 1 N–H and O–H groups in total. The molecule has 0 aliphatic rings. The van der Waals surface area contributed by atoms with E-state index in [0.29, 0.717) is 22.5 Å². The monoisotopic (exact) mass is 307 g/mol. The van der Waals surface area contributed by atoms with Crippen molar-refractivity contribution in [3.8, 4) is 23.0 Å². The van der Waals surface area contributed by atoms with Crippen LogP contribution in [0.5, 0.6) is 0 Å². The molecule has 0 unspecified atom stereocenters. The van der Waals surface area contributed by atoms with Crippen LogP contribution in [-0.4, -0.2) is 20.9 Å². The second-order valence-electron chi connectivity index (χ2n) is 4.80. The average molecular weight is 307 g/mol. The summed E-state index contributed by atoms with van der Waals surface area (Å²) in [5.41, 5.74) is 2.17. The van der Waals surface area contributed by atoms with Crippen molar-refractivity contribution in [3.05, 3.63) is 71.7 Å². The van der Waals surface area contributed by atoms with Gasteiger partial charge in [-0.05, 0) is 42.5 Å². The van der Waals surface area contributed by atoms with Crippen LogP contribution in [0, 0.1) is 17.1 Å². The number of carboxylic acids is 1. The Morgan fingerprint density at radius 1 is 1.13 bits per heavy atom. The van der Waals surface area contributed by atoms with Crippen LogP contribution in [-0.2, 0) is 0 Å². The zero-order chi connectivity index (χ0) is 16.4. The van der Waals surface area contributed by atoms with Gasteiger partial charge in [-0.25, -0.2) is 13.9 Å². The quantitative estimate of drug-likeness (QED) is 0.805. The third-order valence-corrected chi connectivity index (χ3v) is 3.31. The van der Waals surface area contributed by atoms with Crippen LogP contribution < -0.4 is 0 Å². The maximum absolute atomic E-state index is 13.1. The van der Waals surface area contributed by atoms with Crippen molar-refractivity contribution in [2.24, 2.45) is 0 Å². The van der Waals surface area contributed by atoms with E-state index in [0.717, 1.165) is 0 Å². The molecule has 2 aromatic carbocycles. The summed E-state index contributed by atoms with van der Waals surface area (Å²) in [5, 5.41) is 22.1. The molecule has 0 amide bonds. The number of carbonyl (C=O) groups is 1. The number of nitrogens with zero attached hydrogens (tertiary/aromatic N) is 3. The first-order valence-corrected chi connectivity index (χ1v) is 6.68. The van der Waals surface area contributed by atoms with Crippen molar-refractivity contribution in [2.75, 3.05) is 0 Å². The van der Waals surface area contributed by atoms with Crippen molar-refractivity contribution in [1.82, 2.24) is 9.78 Å². The molecular formula is C17H10FN3O2. The third kappa shape index (κ3) is 2.80. The number of halogens is 1. The zero-order valence-corrected chi connectivity index (χ0v) is 11.8. The summed E-state index contributed by atoms with van der Waals surface area (Å²) in [6, 6.07) is 15.7. The van der Waals surface area contributed by atoms with E-state index < -0.39 is 5.97 Å². The Hall–Kier alpha value is -3.46. The highest BCUT2D eigenvalue weighted by Gasteiger charge is 2.16. The Labute approximate surface area is 130 Å². The van der Waals surface area contributed by atoms with Gasteiger partial charge in [0.2, 0.25) is 0 Å². The van der Waals surface area contributed by atoms with Gasteiger partial charge in [-0.1, -0.05) is 12.1 Å². The largest absolute Gasteiger partial charge is 0.476 e. The van der Waals surface area contributed by atoms with Crippen molar-refractivity contribution >= 4 is 5.97 Å². The lowest BCUT2D eigenvalue weighted by molar-refractivity contribution is 0.0690. The summed E-state index contributed by atoms with van der Waals surface area (Å²) in [6.07, 6.45) is 0. The minimum atomic E-state index is -1.15. The van der Waals surface area contributed by atoms with Crippen molar-refractivity contribution in [1.29, 1.82) is 5.26 Å². The molecule has 3 aromatic rings. The number of rotatable bonds is 3. The Kier molecular flexibility index (Phi) is 3.61. The molecular weight excluding hydrogens is 297 g/mol. The Morgan fingerprint density at radius 3 is 2.35 bits per heavy atom. The van der Waals surface area contributed by atoms with Crippen molar-refractivity contribution < 1.29 is 14.3 Å². The molecule has 0 aliphatic carbocycles. The molecule has 23 heavy (non-hydrogen) atoms. The lowest BCUT2D eigenvalue weighted by Crippen LogP contribution is -2.02. The third-order valence-electron chi connectivity index (χ3n) is 3.31. The van der Waals surface area contributed by atoms with E-state index in [1.165, 1.54) is 35.0 Å². The predicted molar refractivity (Wildman–Crippen MR) is 80.6 cm³/mol. The fraction of sp³-hybridized carbons (Fsp3) is 0. The van der Waals surface area contributed by atoms with Crippen LogP contribution in [0.4, 0.5) is 4.39 Å². The van der Waals surface area contributed by atoms with Crippen LogP contribution in [0.3, 0.4) is 0 Å². The van der Waals surface area contributed by atoms with Gasteiger partial charge in [-0.2, -0.15) is 10.4 Å². The summed E-state index contributed by atoms with van der Waals surface area (Å²) in [4.78, 5) is 11.2. The van der Waals surface area contributed by atoms with E-state index >= 15 is 0 Å². The van der Waals surface area contributed by atoms with Gasteiger partial charge in [-0.3, -0.25) is 0 Å². The second-order valence-corrected chi connectivity index (χ2v) is 4.80. The Morgan fingerprint density at radius 2 is 1.78 bits per heavy atom. The van der Waals surface area contributed by atoms with E-state index in [2.05, 4.69) is 5.10 Å². The number of hydrogen-bond acceptors (Lipinski definition) is 3. The van der Waals surface area contributed by atoms with Crippen molar-refractivity contribution in [3.63, 3.8) is 0 Å². The van der Waals surface area contributed by atoms with Crippen LogP contribution in [0.1, 0.15) is 16.1 Å². The molecule has 1 heterocycles. The minimum Gasteiger partial charge on any atom is -0.476 e. The summed E-state index contributed by atoms with van der Waals surface area (Å²) in [7, 11) is 0. The lowest BCUT2D eigenvalue weighted by Gasteiger charge is -2.07. The van der Waals surface area contributed by atoms with Crippen LogP contribution in [0.2, 0.25) is 0 Å². The zero-order valence-electron chi connectivity index (χ0n) is 11.8. The SMILES string of the molecule is N#Cc1ccc(-c2cc(C(=O)O)nn2-c2ccc(F)cc2)cc1. The predicted octanol–water partition coefficient (Wildman–Crippen LogP) is 3.25. The Bertz CT molecular complexity index is 907. The van der Waals surface area contributed by atoms with Gasteiger partial charge in [-0.15, -0.1) is 0 Å². The number of hydrogen-bond donors (Lipinski definition) is 1. The number of nitriles is 1. The highest BCUT2D eigenvalue weighted by Crippen LogP contribution is 2.24. The molecule has 3 rings (SSSR count). The topological polar surface area (TPSA) is 78.9 Å². The number of benzene rings is 2. The molecule has 0 saturated carbocycles. The maximum Gasteiger partial charge on any atom is 0.356 e. The fourth-order valence-corrected chi connectivity index (χ4v) is 2.19. The lowest BCUT2D eigenvalue weighted by atomic mass is 10.1. The molecule has 6 heteroatoms. The van der Waals surface area contributed by atoms with Gasteiger partial charge < -0.3 is 5.11 Å². The maximum atomic E-state index is 13.1. The van der Waals surface area contributed by atoms with Gasteiger partial charge >= 0.3 is 5.97 Å². The van der Waals surface area contributed by atoms with Gasteiger partial charge in [0.25, 0.3) is 0 Å². The number of aromatic nitrogens is 2. The van der Waals surface area contributed by atoms with Gasteiger partial charge in [0.1, 0.15) is 5.82 Å². The molecule has 1 aromatic heterocycles. The van der Waals surface area contributed by atoms with Crippen LogP contribution >= 0.6 is 0 Å². The second kappa shape index (κ2) is 5.73. The highest BCUT2D eigenvalue weighted by molar-refractivity contribution is 5.87. The summed E-state index contributed by atoms with van der Waals surface area (Å²) in [6.45, 7) is 0. The fourth-order valence-electron chi connectivity index (χ4n) is 2.19. The molecule has 0 fully saturated rings. The van der Waals surface area contributed by atoms with Gasteiger partial charge in [0, 0.05) is 5.56 Å². The van der Waals surface area contributed by atoms with Crippen LogP contribution in [0.15, 0.2) is 54.6 Å². The van der Waals surface area contributed by atoms with Gasteiger partial charge in [0.15, 0.2) is 5.69 Å². The first-order valence-electron chi connectivity index (χ1n) is 6.68. The highest BCUT2D eigenvalue weighted by atomic mass is 19.1. The molecule has 112 valence electrons. The van der Waals surface area contributed by atoms with E-state index in [-0.39, 0.29) is 11.5 Å². The molecule has 0 saturated heterocycles. The number of carboxylic acid groups (broad SMARTS) is 1. The molecule has 5 nitrogen and oxygen atoms in total. The Balaban J connectivity index is 2.16. The molecule has 0 atom stereocenters. The van der Waals surface area contributed by atoms with Crippen LogP contribution in [0.25, 0.3) is 16.9 Å². The molecule has 0 spiro atoms. The minimum absolute atomic E-state index is 0.117. The standard InChI is InChI=1S/C17H10FN3O2/c18-13-5-7-14(8-6-13)21-16(9-15(20-21)17(22)23)12-3-1-11(10-19)2-4-12/h1-9H,(H,22,23). The van der Waals surface area contributed by atoms with E-state index in [4.69, 9.17) is 10.4 Å². The van der Waals surface area contributed by atoms with E-state index in [1.54, 1.807) is 24.3 Å². The normalized spacial score (nSPS) is 10.3. The molecule has 0 bridgehead atoms. The summed E-state index contributed by atoms with van der Waals surface area (Å²) < 4.78 is 14.5. The molecule has 0 aliphatic heterocycles. The first-order chi connectivity index (χ1) is 11.1. The van der Waals surface area contributed by atoms with E-state index in [1.807, 2.05) is 6.07 Å². The average Bonchev–Trinajstić information content (AvgIpc) is 3.01.